The van der Waals surface area contributed by atoms with Gasteiger partial charge in [0.15, 0.2) is 0 Å². The predicted molar refractivity (Wildman–Crippen MR) is 83.2 cm³/mol. The van der Waals surface area contributed by atoms with Crippen LogP contribution in [0.5, 0.6) is 0 Å². The maximum Gasteiger partial charge on any atom is 0.203 e. The number of anilines is 1. The Kier molecular flexibility index (Phi) is 3.97. The number of aryl methyl sites for hydroxylation is 1. The Morgan fingerprint density at radius 2 is 1.95 bits per heavy atom. The van der Waals surface area contributed by atoms with Crippen molar-refractivity contribution in [1.82, 2.24) is 9.55 Å². The van der Waals surface area contributed by atoms with Gasteiger partial charge in [-0.25, -0.2) is 4.98 Å². The van der Waals surface area contributed by atoms with Gasteiger partial charge in [0.2, 0.25) is 5.95 Å². The topological polar surface area (TPSA) is 29.9 Å². The Morgan fingerprint density at radius 1 is 1.25 bits per heavy atom. The molecule has 2 aromatic rings. The molecule has 1 aliphatic rings. The molecule has 3 rings (SSSR count). The van der Waals surface area contributed by atoms with Crippen molar-refractivity contribution in [1.29, 1.82) is 0 Å². The second-order valence-electron chi connectivity index (χ2n) is 5.53. The molecule has 1 fully saturated rings. The van der Waals surface area contributed by atoms with E-state index in [1.54, 1.807) is 0 Å². The van der Waals surface area contributed by atoms with E-state index >= 15 is 0 Å². The van der Waals surface area contributed by atoms with Gasteiger partial charge in [0.05, 0.1) is 5.69 Å². The molecule has 0 unspecified atom stereocenters. The van der Waals surface area contributed by atoms with Crippen molar-refractivity contribution >= 4 is 17.5 Å². The first-order valence-corrected chi connectivity index (χ1v) is 7.64. The highest BCUT2D eigenvalue weighted by Gasteiger charge is 2.19. The lowest BCUT2D eigenvalue weighted by Gasteiger charge is -2.15. The molecule has 0 aliphatic heterocycles. The van der Waals surface area contributed by atoms with E-state index in [0.717, 1.165) is 23.2 Å². The molecule has 3 nitrogen and oxygen atoms in total. The zero-order valence-corrected chi connectivity index (χ0v) is 12.5. The summed E-state index contributed by atoms with van der Waals surface area (Å²) in [7, 11) is 0. The van der Waals surface area contributed by atoms with Gasteiger partial charge in [-0.3, -0.25) is 0 Å². The highest BCUT2D eigenvalue weighted by atomic mass is 35.5. The van der Waals surface area contributed by atoms with Crippen molar-refractivity contribution < 1.29 is 0 Å². The number of hydrogen-bond donors (Lipinski definition) is 1. The first-order chi connectivity index (χ1) is 9.72. The Balaban J connectivity index is 1.72. The van der Waals surface area contributed by atoms with Crippen LogP contribution < -0.4 is 5.32 Å². The van der Waals surface area contributed by atoms with Crippen molar-refractivity contribution in [2.75, 3.05) is 5.32 Å². The molecule has 0 radical (unpaired) electrons. The van der Waals surface area contributed by atoms with Crippen molar-refractivity contribution in [2.45, 2.75) is 45.2 Å². The molecule has 106 valence electrons. The van der Waals surface area contributed by atoms with E-state index in [0.29, 0.717) is 6.04 Å². The fourth-order valence-electron chi connectivity index (χ4n) is 2.89. The second-order valence-corrected chi connectivity index (χ2v) is 5.97. The largest absolute Gasteiger partial charge is 0.352 e. The van der Waals surface area contributed by atoms with Gasteiger partial charge in [-0.1, -0.05) is 36.6 Å². The van der Waals surface area contributed by atoms with Crippen LogP contribution in [-0.2, 0) is 6.54 Å². The number of hydrogen-bond acceptors (Lipinski definition) is 2. The molecule has 0 amide bonds. The van der Waals surface area contributed by atoms with E-state index in [2.05, 4.69) is 28.0 Å². The maximum atomic E-state index is 5.91. The van der Waals surface area contributed by atoms with E-state index in [1.165, 1.54) is 31.2 Å². The smallest absolute Gasteiger partial charge is 0.203 e. The maximum absolute atomic E-state index is 5.91. The number of rotatable bonds is 4. The van der Waals surface area contributed by atoms with Crippen LogP contribution in [0.15, 0.2) is 30.5 Å². The third-order valence-corrected chi connectivity index (χ3v) is 4.19. The van der Waals surface area contributed by atoms with Crippen molar-refractivity contribution in [3.05, 3.63) is 46.7 Å². The molecule has 4 heteroatoms. The van der Waals surface area contributed by atoms with Gasteiger partial charge >= 0.3 is 0 Å². The van der Waals surface area contributed by atoms with Crippen molar-refractivity contribution in [3.8, 4) is 0 Å². The number of nitrogens with one attached hydrogen (secondary N) is 1. The number of benzene rings is 1. The molecule has 1 aromatic carbocycles. The van der Waals surface area contributed by atoms with Crippen LogP contribution in [0.4, 0.5) is 5.95 Å². The lowest BCUT2D eigenvalue weighted by atomic mass is 10.2. The summed E-state index contributed by atoms with van der Waals surface area (Å²) >= 11 is 5.91. The van der Waals surface area contributed by atoms with Gasteiger partial charge < -0.3 is 9.88 Å². The average Bonchev–Trinajstić information content (AvgIpc) is 3.07. The Bertz CT molecular complexity index is 568. The molecule has 0 spiro atoms. The van der Waals surface area contributed by atoms with E-state index in [9.17, 15) is 0 Å². The third-order valence-electron chi connectivity index (χ3n) is 3.93. The summed E-state index contributed by atoms with van der Waals surface area (Å²) in [5.74, 6) is 0.990. The third kappa shape index (κ3) is 2.98. The Labute approximate surface area is 125 Å². The summed E-state index contributed by atoms with van der Waals surface area (Å²) < 4.78 is 2.32. The molecular formula is C16H20ClN3. The molecule has 1 heterocycles. The van der Waals surface area contributed by atoms with Gasteiger partial charge in [-0.2, -0.15) is 0 Å². The van der Waals surface area contributed by atoms with Crippen molar-refractivity contribution in [3.63, 3.8) is 0 Å². The van der Waals surface area contributed by atoms with Crippen LogP contribution in [0.3, 0.4) is 0 Å². The van der Waals surface area contributed by atoms with Crippen LogP contribution in [-0.4, -0.2) is 9.55 Å². The molecule has 0 atom stereocenters. The van der Waals surface area contributed by atoms with Crippen molar-refractivity contribution in [2.24, 2.45) is 0 Å². The summed E-state index contributed by atoms with van der Waals surface area (Å²) in [5, 5.41) is 4.23. The normalized spacial score (nSPS) is 15.7. The first-order valence-electron chi connectivity index (χ1n) is 7.26. The van der Waals surface area contributed by atoms with E-state index in [1.807, 2.05) is 24.3 Å². The summed E-state index contributed by atoms with van der Waals surface area (Å²) in [4.78, 5) is 4.61. The zero-order chi connectivity index (χ0) is 13.9. The molecule has 0 saturated heterocycles. The van der Waals surface area contributed by atoms with E-state index in [4.69, 9.17) is 11.6 Å². The molecule has 0 bridgehead atoms. The van der Waals surface area contributed by atoms with Gasteiger partial charge in [-0.05, 0) is 37.5 Å². The minimum Gasteiger partial charge on any atom is -0.352 e. The van der Waals surface area contributed by atoms with Crippen LogP contribution in [0.1, 0.15) is 43.0 Å². The Morgan fingerprint density at radius 3 is 2.65 bits per heavy atom. The lowest BCUT2D eigenvalue weighted by molar-refractivity contribution is 0.522. The number of halogens is 1. The summed E-state index contributed by atoms with van der Waals surface area (Å²) in [6.07, 6.45) is 7.37. The molecule has 1 aliphatic carbocycles. The number of aromatic nitrogens is 2. The van der Waals surface area contributed by atoms with Gasteiger partial charge in [0.1, 0.15) is 0 Å². The summed E-state index contributed by atoms with van der Waals surface area (Å²) in [5.41, 5.74) is 2.29. The fourth-order valence-corrected chi connectivity index (χ4v) is 3.02. The standard InChI is InChI=1S/C16H20ClN3/c1-12-11-20(15-4-2-3-5-15)16(19-12)18-10-13-6-8-14(17)9-7-13/h6-9,11,15H,2-5,10H2,1H3,(H,18,19). The fraction of sp³-hybridized carbons (Fsp3) is 0.438. The summed E-state index contributed by atoms with van der Waals surface area (Å²) in [6.45, 7) is 2.83. The van der Waals surface area contributed by atoms with Gasteiger partial charge in [-0.15, -0.1) is 0 Å². The highest BCUT2D eigenvalue weighted by molar-refractivity contribution is 6.30. The van der Waals surface area contributed by atoms with Gasteiger partial charge in [0.25, 0.3) is 0 Å². The Hall–Kier alpha value is -1.48. The van der Waals surface area contributed by atoms with Crippen LogP contribution in [0.2, 0.25) is 5.02 Å². The van der Waals surface area contributed by atoms with E-state index in [-0.39, 0.29) is 0 Å². The van der Waals surface area contributed by atoms with Crippen LogP contribution >= 0.6 is 11.6 Å². The lowest BCUT2D eigenvalue weighted by Crippen LogP contribution is -2.10. The highest BCUT2D eigenvalue weighted by Crippen LogP contribution is 2.32. The first kappa shape index (κ1) is 13.5. The quantitative estimate of drug-likeness (QED) is 0.893. The SMILES string of the molecule is Cc1cn(C2CCCC2)c(NCc2ccc(Cl)cc2)n1. The van der Waals surface area contributed by atoms with E-state index < -0.39 is 0 Å². The number of imidazole rings is 1. The molecule has 1 N–H and O–H groups in total. The van der Waals surface area contributed by atoms with Gasteiger partial charge in [0, 0.05) is 23.8 Å². The monoisotopic (exact) mass is 289 g/mol. The molecule has 1 aromatic heterocycles. The van der Waals surface area contributed by atoms with Crippen LogP contribution in [0.25, 0.3) is 0 Å². The average molecular weight is 290 g/mol. The minimum absolute atomic E-state index is 0.615. The predicted octanol–water partition coefficient (Wildman–Crippen LogP) is 4.57. The molecule has 20 heavy (non-hydrogen) atoms. The summed E-state index contributed by atoms with van der Waals surface area (Å²) in [6, 6.07) is 8.56. The minimum atomic E-state index is 0.615. The molecular weight excluding hydrogens is 270 g/mol. The number of nitrogens with zero attached hydrogens (tertiary/aromatic N) is 2. The zero-order valence-electron chi connectivity index (χ0n) is 11.8. The van der Waals surface area contributed by atoms with Crippen LogP contribution in [0, 0.1) is 6.92 Å². The molecule has 1 saturated carbocycles. The second kappa shape index (κ2) is 5.88.